The van der Waals surface area contributed by atoms with Crippen molar-refractivity contribution >= 4 is 0 Å². The van der Waals surface area contributed by atoms with Crippen LogP contribution in [-0.4, -0.2) is 23.3 Å². The van der Waals surface area contributed by atoms with Crippen LogP contribution in [0.25, 0.3) is 0 Å². The highest BCUT2D eigenvalue weighted by atomic mass is 16.5. The van der Waals surface area contributed by atoms with Gasteiger partial charge in [-0.15, -0.1) is 0 Å². The summed E-state index contributed by atoms with van der Waals surface area (Å²) in [5.74, 6) is 0.661. The van der Waals surface area contributed by atoms with Crippen LogP contribution in [0.3, 0.4) is 0 Å². The summed E-state index contributed by atoms with van der Waals surface area (Å²) in [5, 5.41) is 21.4. The SMILES string of the molecule is CC(C)NC(C)(C#N)COc1cccc(CO)c1. The van der Waals surface area contributed by atoms with E-state index < -0.39 is 5.54 Å². The van der Waals surface area contributed by atoms with Gasteiger partial charge in [0.05, 0.1) is 12.7 Å². The van der Waals surface area contributed by atoms with E-state index in [2.05, 4.69) is 11.4 Å². The first-order valence-corrected chi connectivity index (χ1v) is 6.00. The number of aliphatic hydroxyl groups is 1. The predicted octanol–water partition coefficient (Wildman–Crippen LogP) is 1.84. The number of ether oxygens (including phenoxy) is 1. The van der Waals surface area contributed by atoms with Crippen LogP contribution in [0, 0.1) is 11.3 Å². The summed E-state index contributed by atoms with van der Waals surface area (Å²) in [4.78, 5) is 0. The maximum Gasteiger partial charge on any atom is 0.138 e. The first-order valence-electron chi connectivity index (χ1n) is 6.00. The minimum Gasteiger partial charge on any atom is -0.491 e. The maximum absolute atomic E-state index is 9.18. The first kappa shape index (κ1) is 14.5. The molecule has 0 aliphatic rings. The molecule has 0 heterocycles. The first-order chi connectivity index (χ1) is 8.49. The molecule has 0 aromatic heterocycles. The topological polar surface area (TPSA) is 65.3 Å². The molecule has 0 bridgehead atoms. The Labute approximate surface area is 108 Å². The molecular formula is C14H20N2O2. The van der Waals surface area contributed by atoms with Gasteiger partial charge in [-0.2, -0.15) is 5.26 Å². The summed E-state index contributed by atoms with van der Waals surface area (Å²) in [7, 11) is 0. The number of rotatable bonds is 6. The van der Waals surface area contributed by atoms with Crippen molar-refractivity contribution in [2.24, 2.45) is 0 Å². The van der Waals surface area contributed by atoms with Crippen molar-refractivity contribution in [2.75, 3.05) is 6.61 Å². The Hall–Kier alpha value is -1.57. The normalized spacial score (nSPS) is 14.0. The largest absolute Gasteiger partial charge is 0.491 e. The Morgan fingerprint density at radius 1 is 1.50 bits per heavy atom. The van der Waals surface area contributed by atoms with Gasteiger partial charge in [0.2, 0.25) is 0 Å². The van der Waals surface area contributed by atoms with Gasteiger partial charge < -0.3 is 9.84 Å². The van der Waals surface area contributed by atoms with Crippen molar-refractivity contribution in [3.05, 3.63) is 29.8 Å². The molecule has 1 atom stereocenters. The highest BCUT2D eigenvalue weighted by Crippen LogP contribution is 2.15. The van der Waals surface area contributed by atoms with E-state index in [4.69, 9.17) is 9.84 Å². The van der Waals surface area contributed by atoms with Gasteiger partial charge in [0.25, 0.3) is 0 Å². The molecule has 0 aliphatic carbocycles. The second kappa shape index (κ2) is 6.39. The van der Waals surface area contributed by atoms with Crippen molar-refractivity contribution in [3.8, 4) is 11.8 Å². The Morgan fingerprint density at radius 2 is 2.22 bits per heavy atom. The monoisotopic (exact) mass is 248 g/mol. The van der Waals surface area contributed by atoms with Gasteiger partial charge in [-0.1, -0.05) is 12.1 Å². The standard InChI is InChI=1S/C14H20N2O2/c1-11(2)16-14(3,9-15)10-18-13-6-4-5-12(7-13)8-17/h4-7,11,16-17H,8,10H2,1-3H3. The fraction of sp³-hybridized carbons (Fsp3) is 0.500. The molecule has 4 heteroatoms. The van der Waals surface area contributed by atoms with E-state index in [1.807, 2.05) is 39.0 Å². The van der Waals surface area contributed by atoms with E-state index in [1.54, 1.807) is 6.07 Å². The van der Waals surface area contributed by atoms with Gasteiger partial charge in [-0.05, 0) is 38.5 Å². The lowest BCUT2D eigenvalue weighted by Crippen LogP contribution is -2.49. The molecule has 0 aliphatic heterocycles. The van der Waals surface area contributed by atoms with E-state index >= 15 is 0 Å². The number of hydrogen-bond donors (Lipinski definition) is 2. The van der Waals surface area contributed by atoms with Crippen molar-refractivity contribution < 1.29 is 9.84 Å². The molecule has 0 spiro atoms. The number of aliphatic hydroxyl groups excluding tert-OH is 1. The maximum atomic E-state index is 9.18. The molecule has 98 valence electrons. The Balaban J connectivity index is 2.65. The molecule has 0 fully saturated rings. The lowest BCUT2D eigenvalue weighted by molar-refractivity contribution is 0.224. The van der Waals surface area contributed by atoms with Crippen molar-refractivity contribution in [1.29, 1.82) is 5.26 Å². The van der Waals surface area contributed by atoms with Gasteiger partial charge in [0.1, 0.15) is 17.9 Å². The van der Waals surface area contributed by atoms with Crippen LogP contribution in [0.4, 0.5) is 0 Å². The van der Waals surface area contributed by atoms with E-state index in [-0.39, 0.29) is 19.3 Å². The van der Waals surface area contributed by atoms with Crippen LogP contribution in [0.2, 0.25) is 0 Å². The summed E-state index contributed by atoms with van der Waals surface area (Å²) < 4.78 is 5.61. The third kappa shape index (κ3) is 4.36. The average Bonchev–Trinajstić information content (AvgIpc) is 2.36. The summed E-state index contributed by atoms with van der Waals surface area (Å²) in [6, 6.07) is 9.66. The second-order valence-electron chi connectivity index (χ2n) is 4.84. The predicted molar refractivity (Wildman–Crippen MR) is 70.1 cm³/mol. The van der Waals surface area contributed by atoms with E-state index in [0.29, 0.717) is 5.75 Å². The molecule has 0 saturated heterocycles. The van der Waals surface area contributed by atoms with Crippen molar-refractivity contribution in [2.45, 2.75) is 39.0 Å². The van der Waals surface area contributed by atoms with Crippen molar-refractivity contribution in [3.63, 3.8) is 0 Å². The molecule has 1 aromatic rings. The summed E-state index contributed by atoms with van der Waals surface area (Å²) in [5.41, 5.74) is 0.0756. The molecule has 1 aromatic carbocycles. The fourth-order valence-electron chi connectivity index (χ4n) is 1.70. The zero-order valence-corrected chi connectivity index (χ0v) is 11.1. The van der Waals surface area contributed by atoms with Crippen LogP contribution in [0.1, 0.15) is 26.3 Å². The van der Waals surface area contributed by atoms with Crippen LogP contribution in [0.5, 0.6) is 5.75 Å². The zero-order valence-electron chi connectivity index (χ0n) is 11.1. The number of nitrogens with zero attached hydrogens (tertiary/aromatic N) is 1. The summed E-state index contributed by atoms with van der Waals surface area (Å²) in [6.07, 6.45) is 0. The number of hydrogen-bond acceptors (Lipinski definition) is 4. The number of benzene rings is 1. The Morgan fingerprint density at radius 3 is 2.78 bits per heavy atom. The molecule has 0 amide bonds. The van der Waals surface area contributed by atoms with Gasteiger partial charge in [-0.3, -0.25) is 5.32 Å². The average molecular weight is 248 g/mol. The van der Waals surface area contributed by atoms with Gasteiger partial charge in [-0.25, -0.2) is 0 Å². The molecule has 1 rings (SSSR count). The smallest absolute Gasteiger partial charge is 0.138 e. The minimum atomic E-state index is -0.719. The molecule has 2 N–H and O–H groups in total. The summed E-state index contributed by atoms with van der Waals surface area (Å²) >= 11 is 0. The Bertz CT molecular complexity index is 426. The van der Waals surface area contributed by atoms with E-state index in [1.165, 1.54) is 0 Å². The van der Waals surface area contributed by atoms with Crippen LogP contribution < -0.4 is 10.1 Å². The number of nitrogens with one attached hydrogen (secondary N) is 1. The lowest BCUT2D eigenvalue weighted by atomic mass is 10.1. The van der Waals surface area contributed by atoms with Gasteiger partial charge in [0, 0.05) is 6.04 Å². The lowest BCUT2D eigenvalue weighted by Gasteiger charge is -2.25. The molecule has 0 radical (unpaired) electrons. The van der Waals surface area contributed by atoms with Crippen molar-refractivity contribution in [1.82, 2.24) is 5.32 Å². The highest BCUT2D eigenvalue weighted by molar-refractivity contribution is 5.28. The molecule has 18 heavy (non-hydrogen) atoms. The fourth-order valence-corrected chi connectivity index (χ4v) is 1.70. The van der Waals surface area contributed by atoms with Gasteiger partial charge >= 0.3 is 0 Å². The third-order valence-electron chi connectivity index (χ3n) is 2.46. The quantitative estimate of drug-likeness (QED) is 0.806. The van der Waals surface area contributed by atoms with Crippen LogP contribution >= 0.6 is 0 Å². The minimum absolute atomic E-state index is 0.0169. The van der Waals surface area contributed by atoms with Crippen LogP contribution in [-0.2, 0) is 6.61 Å². The molecule has 1 unspecified atom stereocenters. The zero-order chi connectivity index (χ0) is 13.6. The Kier molecular flexibility index (Phi) is 5.14. The van der Waals surface area contributed by atoms with E-state index in [9.17, 15) is 5.26 Å². The van der Waals surface area contributed by atoms with Gasteiger partial charge in [0.15, 0.2) is 0 Å². The summed E-state index contributed by atoms with van der Waals surface area (Å²) in [6.45, 7) is 6.03. The molecular weight excluding hydrogens is 228 g/mol. The van der Waals surface area contributed by atoms with Crippen LogP contribution in [0.15, 0.2) is 24.3 Å². The number of nitriles is 1. The second-order valence-corrected chi connectivity index (χ2v) is 4.84. The highest BCUT2D eigenvalue weighted by Gasteiger charge is 2.25. The van der Waals surface area contributed by atoms with E-state index in [0.717, 1.165) is 5.56 Å². The molecule has 4 nitrogen and oxygen atoms in total. The third-order valence-corrected chi connectivity index (χ3v) is 2.46. The molecule has 0 saturated carbocycles.